The van der Waals surface area contributed by atoms with Crippen molar-refractivity contribution in [3.05, 3.63) is 0 Å². The number of aliphatic hydroxyl groups excluding tert-OH is 1. The van der Waals surface area contributed by atoms with Crippen molar-refractivity contribution in [2.24, 2.45) is 0 Å². The molecule has 2 N–H and O–H groups in total. The van der Waals surface area contributed by atoms with Crippen LogP contribution in [0.2, 0.25) is 0 Å². The number of piperidine rings is 1. The number of rotatable bonds is 0. The van der Waals surface area contributed by atoms with Gasteiger partial charge in [0.25, 0.3) is 0 Å². The molecule has 10 heavy (non-hydrogen) atoms. The summed E-state index contributed by atoms with van der Waals surface area (Å²) in [5.41, 5.74) is 0. The van der Waals surface area contributed by atoms with E-state index in [0.29, 0.717) is 6.54 Å². The van der Waals surface area contributed by atoms with Crippen LogP contribution in [0.1, 0.15) is 12.8 Å². The van der Waals surface area contributed by atoms with Crippen molar-refractivity contribution >= 4 is 6.09 Å². The molecule has 1 aliphatic rings. The number of carbonyl (C=O) groups is 1. The summed E-state index contributed by atoms with van der Waals surface area (Å²) >= 11 is 0. The first kappa shape index (κ1) is 7.34. The lowest BCUT2D eigenvalue weighted by Gasteiger charge is -2.27. The summed E-state index contributed by atoms with van der Waals surface area (Å²) in [4.78, 5) is 11.6. The molecule has 0 bridgehead atoms. The molecular weight excluding hydrogens is 134 g/mol. The Morgan fingerprint density at radius 1 is 1.60 bits per heavy atom. The second kappa shape index (κ2) is 2.88. The largest absolute Gasteiger partial charge is 0.465 e. The monoisotopic (exact) mass is 145 g/mol. The summed E-state index contributed by atoms with van der Waals surface area (Å²) in [5.74, 6) is 0. The number of likely N-dealkylation sites (tertiary alicyclic amines) is 1. The van der Waals surface area contributed by atoms with Crippen molar-refractivity contribution in [1.82, 2.24) is 4.90 Å². The zero-order valence-corrected chi connectivity index (χ0v) is 5.66. The predicted molar refractivity (Wildman–Crippen MR) is 34.8 cm³/mol. The van der Waals surface area contributed by atoms with E-state index >= 15 is 0 Å². The molecule has 0 aromatic carbocycles. The lowest BCUT2D eigenvalue weighted by molar-refractivity contribution is 0.0660. The molecule has 0 aromatic heterocycles. The molecule has 0 aliphatic carbocycles. The van der Waals surface area contributed by atoms with E-state index in [1.807, 2.05) is 0 Å². The van der Waals surface area contributed by atoms with Crippen LogP contribution >= 0.6 is 0 Å². The molecule has 1 atom stereocenters. The summed E-state index contributed by atoms with van der Waals surface area (Å²) in [5, 5.41) is 17.5. The fourth-order valence-electron chi connectivity index (χ4n) is 1.13. The molecule has 1 fully saturated rings. The molecular formula is C6H11NO3. The Morgan fingerprint density at radius 2 is 2.30 bits per heavy atom. The van der Waals surface area contributed by atoms with Crippen LogP contribution in [0.25, 0.3) is 0 Å². The van der Waals surface area contributed by atoms with Gasteiger partial charge in [-0.3, -0.25) is 0 Å². The van der Waals surface area contributed by atoms with E-state index in [2.05, 4.69) is 0 Å². The highest BCUT2D eigenvalue weighted by Gasteiger charge is 2.20. The summed E-state index contributed by atoms with van der Waals surface area (Å²) in [7, 11) is 0. The number of aliphatic hydroxyl groups is 1. The van der Waals surface area contributed by atoms with Gasteiger partial charge in [0.1, 0.15) is 0 Å². The second-order valence-electron chi connectivity index (χ2n) is 2.52. The minimum atomic E-state index is -0.932. The van der Waals surface area contributed by atoms with Crippen molar-refractivity contribution in [1.29, 1.82) is 0 Å². The molecule has 1 rings (SSSR count). The van der Waals surface area contributed by atoms with Gasteiger partial charge in [0.2, 0.25) is 0 Å². The van der Waals surface area contributed by atoms with E-state index in [0.717, 1.165) is 12.8 Å². The van der Waals surface area contributed by atoms with Gasteiger partial charge in [-0.1, -0.05) is 0 Å². The van der Waals surface area contributed by atoms with E-state index in [9.17, 15) is 4.79 Å². The minimum absolute atomic E-state index is 0.273. The lowest BCUT2D eigenvalue weighted by Crippen LogP contribution is -2.41. The van der Waals surface area contributed by atoms with Gasteiger partial charge in [0, 0.05) is 13.1 Å². The number of β-amino-alcohol motifs (C(OH)–C–C–N with tert-alkyl or cyclic N) is 1. The van der Waals surface area contributed by atoms with Crippen LogP contribution < -0.4 is 0 Å². The van der Waals surface area contributed by atoms with Crippen LogP contribution in [0.15, 0.2) is 0 Å². The lowest BCUT2D eigenvalue weighted by atomic mass is 10.1. The Bertz CT molecular complexity index is 137. The first-order valence-corrected chi connectivity index (χ1v) is 3.36. The highest BCUT2D eigenvalue weighted by molar-refractivity contribution is 5.65. The number of hydrogen-bond acceptors (Lipinski definition) is 2. The average Bonchev–Trinajstić information content (AvgIpc) is 1.88. The molecule has 0 aromatic rings. The Labute approximate surface area is 59.1 Å². The Kier molecular flexibility index (Phi) is 2.11. The van der Waals surface area contributed by atoms with Crippen LogP contribution in [-0.4, -0.2) is 40.4 Å². The maximum absolute atomic E-state index is 10.3. The molecule has 0 saturated carbocycles. The summed E-state index contributed by atoms with van der Waals surface area (Å²) in [6.07, 6.45) is 0.112. The average molecular weight is 145 g/mol. The number of carboxylic acid groups (broad SMARTS) is 1. The van der Waals surface area contributed by atoms with Crippen molar-refractivity contribution < 1.29 is 15.0 Å². The van der Waals surface area contributed by atoms with Gasteiger partial charge in [-0.15, -0.1) is 0 Å². The van der Waals surface area contributed by atoms with Crippen molar-refractivity contribution in [2.45, 2.75) is 18.9 Å². The first-order chi connectivity index (χ1) is 4.70. The maximum atomic E-state index is 10.3. The highest BCUT2D eigenvalue weighted by Crippen LogP contribution is 2.08. The van der Waals surface area contributed by atoms with Gasteiger partial charge in [-0.05, 0) is 12.8 Å². The highest BCUT2D eigenvalue weighted by atomic mass is 16.4. The number of nitrogens with zero attached hydrogens (tertiary/aromatic N) is 1. The van der Waals surface area contributed by atoms with Crippen LogP contribution in [0.4, 0.5) is 4.79 Å². The molecule has 1 saturated heterocycles. The molecule has 4 heteroatoms. The van der Waals surface area contributed by atoms with Gasteiger partial charge < -0.3 is 15.1 Å². The van der Waals surface area contributed by atoms with E-state index in [1.54, 1.807) is 0 Å². The van der Waals surface area contributed by atoms with E-state index in [1.165, 1.54) is 4.90 Å². The van der Waals surface area contributed by atoms with Crippen molar-refractivity contribution in [2.75, 3.05) is 13.1 Å². The number of hydrogen-bond donors (Lipinski definition) is 2. The van der Waals surface area contributed by atoms with E-state index < -0.39 is 12.2 Å². The Morgan fingerprint density at radius 3 is 2.70 bits per heavy atom. The fourth-order valence-corrected chi connectivity index (χ4v) is 1.13. The molecule has 0 spiro atoms. The smallest absolute Gasteiger partial charge is 0.407 e. The molecule has 4 nitrogen and oxygen atoms in total. The molecule has 1 heterocycles. The van der Waals surface area contributed by atoms with Crippen LogP contribution in [0.5, 0.6) is 0 Å². The Hall–Kier alpha value is -0.770. The van der Waals surface area contributed by atoms with E-state index in [-0.39, 0.29) is 6.54 Å². The summed E-state index contributed by atoms with van der Waals surface area (Å²) in [6, 6.07) is 0. The fraction of sp³-hybridized carbons (Fsp3) is 0.833. The summed E-state index contributed by atoms with van der Waals surface area (Å²) in [6.45, 7) is 0.835. The van der Waals surface area contributed by atoms with Gasteiger partial charge >= 0.3 is 6.09 Å². The topological polar surface area (TPSA) is 60.8 Å². The quantitative estimate of drug-likeness (QED) is 0.509. The Balaban J connectivity index is 2.39. The zero-order chi connectivity index (χ0) is 7.56. The molecule has 0 radical (unpaired) electrons. The zero-order valence-electron chi connectivity index (χ0n) is 5.66. The van der Waals surface area contributed by atoms with Gasteiger partial charge in [0.05, 0.1) is 6.10 Å². The summed E-state index contributed by atoms with van der Waals surface area (Å²) < 4.78 is 0. The van der Waals surface area contributed by atoms with Gasteiger partial charge in [-0.2, -0.15) is 0 Å². The normalized spacial score (nSPS) is 26.5. The first-order valence-electron chi connectivity index (χ1n) is 3.36. The maximum Gasteiger partial charge on any atom is 0.407 e. The van der Waals surface area contributed by atoms with Crippen molar-refractivity contribution in [3.63, 3.8) is 0 Å². The number of amides is 1. The molecule has 0 unspecified atom stereocenters. The van der Waals surface area contributed by atoms with Crippen molar-refractivity contribution in [3.8, 4) is 0 Å². The predicted octanol–water partition coefficient (Wildman–Crippen LogP) is 0.121. The van der Waals surface area contributed by atoms with Gasteiger partial charge in [0.15, 0.2) is 0 Å². The SMILES string of the molecule is O=C(O)N1CCC[C@@H](O)C1. The van der Waals surface area contributed by atoms with Crippen LogP contribution in [0, 0.1) is 0 Å². The third kappa shape index (κ3) is 1.60. The third-order valence-corrected chi connectivity index (χ3v) is 1.67. The molecule has 58 valence electrons. The van der Waals surface area contributed by atoms with Crippen LogP contribution in [-0.2, 0) is 0 Å². The van der Waals surface area contributed by atoms with E-state index in [4.69, 9.17) is 10.2 Å². The molecule has 1 aliphatic heterocycles. The van der Waals surface area contributed by atoms with Crippen LogP contribution in [0.3, 0.4) is 0 Å². The van der Waals surface area contributed by atoms with Gasteiger partial charge in [-0.25, -0.2) is 4.79 Å². The third-order valence-electron chi connectivity index (χ3n) is 1.67. The minimum Gasteiger partial charge on any atom is -0.465 e. The molecule has 1 amide bonds. The second-order valence-corrected chi connectivity index (χ2v) is 2.52. The standard InChI is InChI=1S/C6H11NO3/c8-5-2-1-3-7(4-5)6(9)10/h5,8H,1-4H2,(H,9,10)/t5-/m1/s1.